The number of carboxylic acids is 1. The third kappa shape index (κ3) is 4.46. The fourth-order valence-corrected chi connectivity index (χ4v) is 4.30. The zero-order chi connectivity index (χ0) is 23.6. The molecule has 0 atom stereocenters. The van der Waals surface area contributed by atoms with E-state index in [1.807, 2.05) is 0 Å². The number of benzene rings is 3. The molecular weight excluding hydrogens is 446 g/mol. The number of sulfonamides is 1. The average Bonchev–Trinajstić information content (AvgIpc) is 2.80. The number of hydrogen-bond acceptors (Lipinski definition) is 5. The molecular formula is C23H17N3O6S. The molecule has 0 bridgehead atoms. The van der Waals surface area contributed by atoms with Gasteiger partial charge in [0, 0.05) is 22.7 Å². The van der Waals surface area contributed by atoms with Gasteiger partial charge in [-0.05, 0) is 42.5 Å². The zero-order valence-electron chi connectivity index (χ0n) is 16.9. The molecule has 0 unspecified atom stereocenters. The van der Waals surface area contributed by atoms with Crippen LogP contribution in [0.3, 0.4) is 0 Å². The Balaban J connectivity index is 1.68. The molecule has 0 aliphatic rings. The van der Waals surface area contributed by atoms with E-state index in [0.29, 0.717) is 11.1 Å². The predicted octanol–water partition coefficient (Wildman–Crippen LogP) is 3.28. The molecule has 0 saturated carbocycles. The van der Waals surface area contributed by atoms with Gasteiger partial charge >= 0.3 is 5.97 Å². The van der Waals surface area contributed by atoms with Crippen molar-refractivity contribution in [2.75, 3.05) is 10.0 Å². The van der Waals surface area contributed by atoms with Crippen LogP contribution >= 0.6 is 0 Å². The lowest BCUT2D eigenvalue weighted by Crippen LogP contribution is -2.18. The summed E-state index contributed by atoms with van der Waals surface area (Å²) in [6, 6.07) is 18.5. The van der Waals surface area contributed by atoms with Gasteiger partial charge in [0.1, 0.15) is 5.56 Å². The second-order valence-electron chi connectivity index (χ2n) is 7.02. The van der Waals surface area contributed by atoms with Crippen LogP contribution in [0, 0.1) is 0 Å². The van der Waals surface area contributed by atoms with E-state index in [0.717, 1.165) is 12.3 Å². The Morgan fingerprint density at radius 1 is 0.879 bits per heavy atom. The normalized spacial score (nSPS) is 11.2. The number of amides is 1. The van der Waals surface area contributed by atoms with Gasteiger partial charge in [0.05, 0.1) is 16.3 Å². The Morgan fingerprint density at radius 2 is 1.55 bits per heavy atom. The second kappa shape index (κ2) is 8.60. The molecule has 0 spiro atoms. The minimum absolute atomic E-state index is 0.0801. The van der Waals surface area contributed by atoms with E-state index in [2.05, 4.69) is 15.0 Å². The highest BCUT2D eigenvalue weighted by atomic mass is 32.2. The lowest BCUT2D eigenvalue weighted by molar-refractivity contribution is 0.0695. The molecule has 33 heavy (non-hydrogen) atoms. The van der Waals surface area contributed by atoms with E-state index in [4.69, 9.17) is 5.11 Å². The summed E-state index contributed by atoms with van der Waals surface area (Å²) < 4.78 is 28.5. The number of carbonyl (C=O) groups excluding carboxylic acids is 1. The summed E-state index contributed by atoms with van der Waals surface area (Å²) in [6.07, 6.45) is 1.06. The fourth-order valence-electron chi connectivity index (χ4n) is 3.19. The number of anilines is 2. The van der Waals surface area contributed by atoms with Crippen LogP contribution in [-0.2, 0) is 10.0 Å². The summed E-state index contributed by atoms with van der Waals surface area (Å²) in [6.45, 7) is 0. The lowest BCUT2D eigenvalue weighted by atomic mass is 10.1. The van der Waals surface area contributed by atoms with Crippen LogP contribution in [0.25, 0.3) is 10.9 Å². The minimum atomic E-state index is -4.18. The predicted molar refractivity (Wildman–Crippen MR) is 123 cm³/mol. The third-order valence-corrected chi connectivity index (χ3v) is 6.21. The number of pyridine rings is 1. The highest BCUT2D eigenvalue weighted by molar-refractivity contribution is 7.92. The van der Waals surface area contributed by atoms with Gasteiger partial charge < -0.3 is 15.4 Å². The highest BCUT2D eigenvalue weighted by Crippen LogP contribution is 2.26. The first-order valence-electron chi connectivity index (χ1n) is 9.63. The summed E-state index contributed by atoms with van der Waals surface area (Å²) in [5.74, 6) is -1.84. The Kier molecular flexibility index (Phi) is 5.67. The number of para-hydroxylation sites is 2. The van der Waals surface area contributed by atoms with Gasteiger partial charge in [-0.15, -0.1) is 0 Å². The molecule has 1 amide bonds. The molecule has 0 fully saturated rings. The van der Waals surface area contributed by atoms with Crippen LogP contribution in [0.2, 0.25) is 0 Å². The van der Waals surface area contributed by atoms with Gasteiger partial charge in [0.25, 0.3) is 15.9 Å². The maximum atomic E-state index is 13.0. The Labute approximate surface area is 187 Å². The fraction of sp³-hybridized carbons (Fsp3) is 0. The summed E-state index contributed by atoms with van der Waals surface area (Å²) in [7, 11) is -4.18. The number of H-pyrrole nitrogens is 1. The van der Waals surface area contributed by atoms with Crippen molar-refractivity contribution in [3.63, 3.8) is 0 Å². The van der Waals surface area contributed by atoms with E-state index >= 15 is 0 Å². The van der Waals surface area contributed by atoms with Gasteiger partial charge in [0.2, 0.25) is 5.43 Å². The Morgan fingerprint density at radius 3 is 2.24 bits per heavy atom. The number of hydrogen-bond donors (Lipinski definition) is 4. The summed E-state index contributed by atoms with van der Waals surface area (Å²) in [5, 5.41) is 11.7. The number of aromatic carboxylic acids is 1. The highest BCUT2D eigenvalue weighted by Gasteiger charge is 2.19. The number of carboxylic acid groups (broad SMARTS) is 1. The SMILES string of the molecule is O=C(Nc1ccccc1NS(=O)(=O)c1ccc2[nH]cc(C(=O)O)c(=O)c2c1)c1ccccc1. The van der Waals surface area contributed by atoms with Crippen LogP contribution < -0.4 is 15.5 Å². The van der Waals surface area contributed by atoms with Crippen molar-refractivity contribution in [1.29, 1.82) is 0 Å². The van der Waals surface area contributed by atoms with E-state index < -0.39 is 32.9 Å². The van der Waals surface area contributed by atoms with Crippen molar-refractivity contribution >= 4 is 44.2 Å². The van der Waals surface area contributed by atoms with Gasteiger partial charge in [-0.2, -0.15) is 0 Å². The maximum Gasteiger partial charge on any atom is 0.341 e. The molecule has 4 rings (SSSR count). The summed E-state index contributed by atoms with van der Waals surface area (Å²) in [5.41, 5.74) is -0.253. The number of carbonyl (C=O) groups is 2. The van der Waals surface area contributed by atoms with Crippen molar-refractivity contribution < 1.29 is 23.1 Å². The van der Waals surface area contributed by atoms with E-state index in [-0.39, 0.29) is 21.7 Å². The minimum Gasteiger partial charge on any atom is -0.477 e. The molecule has 166 valence electrons. The molecule has 9 nitrogen and oxygen atoms in total. The quantitative estimate of drug-likeness (QED) is 0.345. The number of rotatable bonds is 6. The van der Waals surface area contributed by atoms with E-state index in [1.165, 1.54) is 18.2 Å². The number of aromatic nitrogens is 1. The van der Waals surface area contributed by atoms with Crippen molar-refractivity contribution in [3.8, 4) is 0 Å². The zero-order valence-corrected chi connectivity index (χ0v) is 17.7. The monoisotopic (exact) mass is 463 g/mol. The molecule has 1 heterocycles. The topological polar surface area (TPSA) is 145 Å². The first-order valence-corrected chi connectivity index (χ1v) is 11.1. The molecule has 4 N–H and O–H groups in total. The second-order valence-corrected chi connectivity index (χ2v) is 8.70. The van der Waals surface area contributed by atoms with Gasteiger partial charge in [0.15, 0.2) is 0 Å². The average molecular weight is 463 g/mol. The van der Waals surface area contributed by atoms with Crippen LogP contribution in [0.5, 0.6) is 0 Å². The van der Waals surface area contributed by atoms with Crippen molar-refractivity contribution in [1.82, 2.24) is 4.98 Å². The third-order valence-electron chi connectivity index (χ3n) is 4.85. The summed E-state index contributed by atoms with van der Waals surface area (Å²) in [4.78, 5) is 38.6. The number of nitrogens with one attached hydrogen (secondary N) is 3. The number of fused-ring (bicyclic) bond motifs is 1. The van der Waals surface area contributed by atoms with Crippen LogP contribution in [0.4, 0.5) is 11.4 Å². The van der Waals surface area contributed by atoms with E-state index in [9.17, 15) is 22.8 Å². The van der Waals surface area contributed by atoms with Gasteiger partial charge in [-0.25, -0.2) is 13.2 Å². The summed E-state index contributed by atoms with van der Waals surface area (Å²) >= 11 is 0. The Bertz CT molecular complexity index is 1550. The molecule has 1 aromatic heterocycles. The van der Waals surface area contributed by atoms with Crippen molar-refractivity contribution in [2.24, 2.45) is 0 Å². The molecule has 0 aliphatic heterocycles. The molecule has 0 saturated heterocycles. The largest absolute Gasteiger partial charge is 0.477 e. The molecule has 3 aromatic carbocycles. The first-order chi connectivity index (χ1) is 15.8. The Hall–Kier alpha value is -4.44. The first kappa shape index (κ1) is 21.8. The van der Waals surface area contributed by atoms with Crippen LogP contribution in [0.15, 0.2) is 88.7 Å². The van der Waals surface area contributed by atoms with Crippen molar-refractivity contribution in [3.05, 3.63) is 100 Å². The smallest absolute Gasteiger partial charge is 0.341 e. The molecule has 0 aliphatic carbocycles. The van der Waals surface area contributed by atoms with Crippen molar-refractivity contribution in [2.45, 2.75) is 4.90 Å². The molecule has 4 aromatic rings. The van der Waals surface area contributed by atoms with Crippen LogP contribution in [-0.4, -0.2) is 30.4 Å². The standard InChI is InChI=1S/C23H17N3O6S/c27-21-16-12-15(10-11-18(16)24-13-17(21)23(29)30)33(31,32)26-20-9-5-4-8-19(20)25-22(28)14-6-2-1-3-7-14/h1-13,26H,(H,24,27)(H,25,28)(H,29,30). The molecule has 10 heteroatoms. The van der Waals surface area contributed by atoms with Gasteiger partial charge in [-0.1, -0.05) is 30.3 Å². The van der Waals surface area contributed by atoms with E-state index in [1.54, 1.807) is 48.5 Å². The van der Waals surface area contributed by atoms with Gasteiger partial charge in [-0.3, -0.25) is 14.3 Å². The lowest BCUT2D eigenvalue weighted by Gasteiger charge is -2.14. The number of aromatic amines is 1. The van der Waals surface area contributed by atoms with Crippen LogP contribution in [0.1, 0.15) is 20.7 Å². The maximum absolute atomic E-state index is 13.0. The molecule has 0 radical (unpaired) electrons.